The standard InChI is InChI=1S/C24H26ClFN4O3/c1-14(2)28-23-7-20(21(25)8-27-23)17-6-22-24(33)30(19(13-32)11-29(22)9-17)10-16-5-18(26)4-3-15(16)12-31/h3-9,14,19,31-32H,10-13H2,1-2H3,(H,27,28). The van der Waals surface area contributed by atoms with Gasteiger partial charge in [0.05, 0.1) is 24.3 Å². The number of nitrogens with one attached hydrogen (secondary N) is 1. The second kappa shape index (κ2) is 9.51. The van der Waals surface area contributed by atoms with Gasteiger partial charge in [0.1, 0.15) is 17.3 Å². The maximum absolute atomic E-state index is 13.8. The van der Waals surface area contributed by atoms with Crippen LogP contribution >= 0.6 is 11.6 Å². The number of halogens is 2. The number of aliphatic hydroxyl groups excluding tert-OH is 2. The van der Waals surface area contributed by atoms with Gasteiger partial charge in [-0.25, -0.2) is 9.37 Å². The summed E-state index contributed by atoms with van der Waals surface area (Å²) >= 11 is 6.41. The molecule has 9 heteroatoms. The van der Waals surface area contributed by atoms with Crippen LogP contribution in [-0.2, 0) is 19.7 Å². The predicted molar refractivity (Wildman–Crippen MR) is 125 cm³/mol. The summed E-state index contributed by atoms with van der Waals surface area (Å²) in [6, 6.07) is 7.40. The molecule has 0 aliphatic carbocycles. The van der Waals surface area contributed by atoms with Crippen molar-refractivity contribution < 1.29 is 19.4 Å². The van der Waals surface area contributed by atoms with Crippen LogP contribution in [0.15, 0.2) is 42.7 Å². The summed E-state index contributed by atoms with van der Waals surface area (Å²) in [5, 5.41) is 23.3. The molecule has 0 bridgehead atoms. The molecule has 1 atom stereocenters. The summed E-state index contributed by atoms with van der Waals surface area (Å²) in [5.41, 5.74) is 2.99. The number of pyridine rings is 1. The van der Waals surface area contributed by atoms with E-state index in [0.717, 1.165) is 11.1 Å². The van der Waals surface area contributed by atoms with E-state index in [1.807, 2.05) is 26.1 Å². The number of fused-ring (bicyclic) bond motifs is 1. The van der Waals surface area contributed by atoms with Crippen molar-refractivity contribution >= 4 is 23.3 Å². The van der Waals surface area contributed by atoms with Crippen LogP contribution in [0.25, 0.3) is 11.1 Å². The second-order valence-electron chi connectivity index (χ2n) is 8.46. The maximum atomic E-state index is 13.8. The molecule has 4 rings (SSSR count). The molecule has 33 heavy (non-hydrogen) atoms. The molecular formula is C24H26ClFN4O3. The van der Waals surface area contributed by atoms with Gasteiger partial charge in [0.2, 0.25) is 0 Å². The van der Waals surface area contributed by atoms with Crippen LogP contribution in [0, 0.1) is 5.82 Å². The van der Waals surface area contributed by atoms with Crippen LogP contribution < -0.4 is 5.32 Å². The van der Waals surface area contributed by atoms with Crippen molar-refractivity contribution in [3.63, 3.8) is 0 Å². The van der Waals surface area contributed by atoms with Crippen LogP contribution in [0.3, 0.4) is 0 Å². The molecule has 0 saturated heterocycles. The third kappa shape index (κ3) is 4.73. The Hall–Kier alpha value is -2.94. The van der Waals surface area contributed by atoms with Crippen LogP contribution in [0.5, 0.6) is 0 Å². The lowest BCUT2D eigenvalue weighted by atomic mass is 10.0. The molecule has 2 aromatic heterocycles. The van der Waals surface area contributed by atoms with E-state index in [4.69, 9.17) is 11.6 Å². The van der Waals surface area contributed by atoms with E-state index >= 15 is 0 Å². The van der Waals surface area contributed by atoms with Gasteiger partial charge in [-0.1, -0.05) is 17.7 Å². The van der Waals surface area contributed by atoms with E-state index in [2.05, 4.69) is 10.3 Å². The van der Waals surface area contributed by atoms with Crippen molar-refractivity contribution in [3.8, 4) is 11.1 Å². The van der Waals surface area contributed by atoms with Crippen LogP contribution in [0.1, 0.15) is 35.5 Å². The molecule has 0 spiro atoms. The lowest BCUT2D eigenvalue weighted by molar-refractivity contribution is 0.0459. The third-order valence-corrected chi connectivity index (χ3v) is 6.02. The van der Waals surface area contributed by atoms with E-state index in [9.17, 15) is 19.4 Å². The first-order valence-corrected chi connectivity index (χ1v) is 11.1. The highest BCUT2D eigenvalue weighted by atomic mass is 35.5. The molecule has 7 nitrogen and oxygen atoms in total. The minimum atomic E-state index is -0.494. The summed E-state index contributed by atoms with van der Waals surface area (Å²) in [6.45, 7) is 3.96. The molecule has 3 heterocycles. The number of aromatic nitrogens is 2. The van der Waals surface area contributed by atoms with Gasteiger partial charge in [0, 0.05) is 42.7 Å². The molecule has 3 aromatic rings. The Morgan fingerprint density at radius 1 is 1.24 bits per heavy atom. The SMILES string of the molecule is CC(C)Nc1cc(-c2cc3n(c2)CC(CO)N(Cc2cc(F)ccc2CO)C3=O)c(Cl)cn1. The fraction of sp³-hybridized carbons (Fsp3) is 0.333. The summed E-state index contributed by atoms with van der Waals surface area (Å²) in [6.07, 6.45) is 3.41. The normalized spacial score (nSPS) is 15.8. The Morgan fingerprint density at radius 3 is 2.73 bits per heavy atom. The van der Waals surface area contributed by atoms with E-state index < -0.39 is 11.9 Å². The van der Waals surface area contributed by atoms with Crippen molar-refractivity contribution in [1.29, 1.82) is 0 Å². The highest BCUT2D eigenvalue weighted by Crippen LogP contribution is 2.33. The number of carbonyl (C=O) groups excluding carboxylic acids is 1. The zero-order valence-corrected chi connectivity index (χ0v) is 19.2. The molecule has 0 radical (unpaired) electrons. The van der Waals surface area contributed by atoms with Crippen molar-refractivity contribution in [2.24, 2.45) is 0 Å². The smallest absolute Gasteiger partial charge is 0.271 e. The first-order valence-electron chi connectivity index (χ1n) is 10.7. The van der Waals surface area contributed by atoms with Gasteiger partial charge >= 0.3 is 0 Å². The Kier molecular flexibility index (Phi) is 6.69. The summed E-state index contributed by atoms with van der Waals surface area (Å²) in [7, 11) is 0. The Labute approximate surface area is 196 Å². The Balaban J connectivity index is 1.68. The molecule has 0 saturated carbocycles. The van der Waals surface area contributed by atoms with Gasteiger partial charge in [-0.05, 0) is 49.2 Å². The number of aliphatic hydroxyl groups is 2. The van der Waals surface area contributed by atoms with Crippen LogP contribution in [0.2, 0.25) is 5.02 Å². The van der Waals surface area contributed by atoms with Gasteiger partial charge in [0.25, 0.3) is 5.91 Å². The van der Waals surface area contributed by atoms with Crippen LogP contribution in [0.4, 0.5) is 10.2 Å². The van der Waals surface area contributed by atoms with Crippen molar-refractivity contribution in [2.75, 3.05) is 11.9 Å². The predicted octanol–water partition coefficient (Wildman–Crippen LogP) is 3.67. The van der Waals surface area contributed by atoms with Gasteiger partial charge in [0.15, 0.2) is 0 Å². The summed E-state index contributed by atoms with van der Waals surface area (Å²) in [5.74, 6) is -0.0567. The first-order chi connectivity index (χ1) is 15.8. The zero-order chi connectivity index (χ0) is 23.7. The minimum Gasteiger partial charge on any atom is -0.394 e. The Bertz CT molecular complexity index is 1180. The average molecular weight is 473 g/mol. The number of benzene rings is 1. The lowest BCUT2D eigenvalue weighted by Crippen LogP contribution is -2.49. The molecule has 1 aliphatic rings. The number of rotatable bonds is 7. The summed E-state index contributed by atoms with van der Waals surface area (Å²) < 4.78 is 15.6. The van der Waals surface area contributed by atoms with Gasteiger partial charge in [-0.15, -0.1) is 0 Å². The van der Waals surface area contributed by atoms with E-state index in [0.29, 0.717) is 34.2 Å². The van der Waals surface area contributed by atoms with Gasteiger partial charge < -0.3 is 25.0 Å². The molecule has 1 aliphatic heterocycles. The highest BCUT2D eigenvalue weighted by molar-refractivity contribution is 6.33. The average Bonchev–Trinajstić information content (AvgIpc) is 3.21. The fourth-order valence-corrected chi connectivity index (χ4v) is 4.31. The Morgan fingerprint density at radius 2 is 2.03 bits per heavy atom. The van der Waals surface area contributed by atoms with Gasteiger partial charge in [-0.3, -0.25) is 4.79 Å². The van der Waals surface area contributed by atoms with Crippen molar-refractivity contribution in [1.82, 2.24) is 14.5 Å². The largest absolute Gasteiger partial charge is 0.394 e. The molecule has 1 unspecified atom stereocenters. The molecular weight excluding hydrogens is 447 g/mol. The molecule has 1 aromatic carbocycles. The maximum Gasteiger partial charge on any atom is 0.271 e. The quantitative estimate of drug-likeness (QED) is 0.488. The first kappa shape index (κ1) is 23.2. The van der Waals surface area contributed by atoms with E-state index in [1.54, 1.807) is 16.8 Å². The van der Waals surface area contributed by atoms with Gasteiger partial charge in [-0.2, -0.15) is 0 Å². The number of nitrogens with zero attached hydrogens (tertiary/aromatic N) is 3. The number of hydrogen-bond acceptors (Lipinski definition) is 5. The fourth-order valence-electron chi connectivity index (χ4n) is 4.10. The number of amides is 1. The molecule has 174 valence electrons. The highest BCUT2D eigenvalue weighted by Gasteiger charge is 2.33. The topological polar surface area (TPSA) is 90.6 Å². The number of hydrogen-bond donors (Lipinski definition) is 3. The summed E-state index contributed by atoms with van der Waals surface area (Å²) in [4.78, 5) is 19.2. The van der Waals surface area contributed by atoms with E-state index in [1.165, 1.54) is 23.1 Å². The molecule has 0 fully saturated rings. The minimum absolute atomic E-state index is 0.0801. The van der Waals surface area contributed by atoms with Crippen LogP contribution in [-0.4, -0.2) is 49.3 Å². The third-order valence-electron chi connectivity index (χ3n) is 5.72. The zero-order valence-electron chi connectivity index (χ0n) is 18.4. The molecule has 1 amide bonds. The van der Waals surface area contributed by atoms with Crippen molar-refractivity contribution in [3.05, 3.63) is 70.4 Å². The molecule has 3 N–H and O–H groups in total. The van der Waals surface area contributed by atoms with Crippen molar-refractivity contribution in [2.45, 2.75) is 45.6 Å². The second-order valence-corrected chi connectivity index (χ2v) is 8.86. The van der Waals surface area contributed by atoms with E-state index in [-0.39, 0.29) is 31.7 Å². The number of anilines is 1. The number of carbonyl (C=O) groups is 1. The monoisotopic (exact) mass is 472 g/mol. The lowest BCUT2D eigenvalue weighted by Gasteiger charge is -2.36.